The molecule has 22 heavy (non-hydrogen) atoms. The Labute approximate surface area is 137 Å². The third kappa shape index (κ3) is 1.84. The minimum Gasteiger partial charge on any atom is -0.481 e. The molecule has 1 aromatic carbocycles. The Balaban J connectivity index is 1.90. The third-order valence-corrected chi connectivity index (χ3v) is 5.94. The number of aromatic amines is 1. The molecule has 4 rings (SSSR count). The van der Waals surface area contributed by atoms with E-state index in [4.69, 9.17) is 23.2 Å². The van der Waals surface area contributed by atoms with Gasteiger partial charge in [-0.15, -0.1) is 0 Å². The summed E-state index contributed by atoms with van der Waals surface area (Å²) in [4.78, 5) is 15.2. The van der Waals surface area contributed by atoms with Crippen molar-refractivity contribution in [3.63, 3.8) is 0 Å². The predicted molar refractivity (Wildman–Crippen MR) is 86.7 cm³/mol. The maximum Gasteiger partial charge on any atom is 0.311 e. The summed E-state index contributed by atoms with van der Waals surface area (Å²) in [6.07, 6.45) is 3.27. The van der Waals surface area contributed by atoms with E-state index in [0.29, 0.717) is 10.0 Å². The fraction of sp³-hybridized carbons (Fsp3) is 0.438. The molecule has 6 heteroatoms. The second kappa shape index (κ2) is 4.88. The van der Waals surface area contributed by atoms with Crippen molar-refractivity contribution in [3.8, 4) is 0 Å². The Morgan fingerprint density at radius 3 is 2.64 bits per heavy atom. The van der Waals surface area contributed by atoms with Crippen LogP contribution in [0.25, 0.3) is 10.9 Å². The van der Waals surface area contributed by atoms with Crippen molar-refractivity contribution in [2.75, 3.05) is 6.54 Å². The first-order valence-corrected chi connectivity index (χ1v) is 8.25. The van der Waals surface area contributed by atoms with Gasteiger partial charge >= 0.3 is 5.97 Å². The normalized spacial score (nSPS) is 23.1. The minimum absolute atomic E-state index is 0.174. The summed E-state index contributed by atoms with van der Waals surface area (Å²) >= 11 is 12.3. The molecule has 2 aromatic rings. The van der Waals surface area contributed by atoms with E-state index in [1.54, 1.807) is 0 Å². The van der Waals surface area contributed by atoms with Gasteiger partial charge in [0.05, 0.1) is 21.5 Å². The van der Waals surface area contributed by atoms with E-state index in [1.807, 2.05) is 12.1 Å². The molecule has 1 aliphatic carbocycles. The average Bonchev–Trinajstić information content (AvgIpc) is 2.76. The molecule has 1 fully saturated rings. The van der Waals surface area contributed by atoms with Crippen molar-refractivity contribution in [1.82, 2.24) is 10.3 Å². The second-order valence-electron chi connectivity index (χ2n) is 6.28. The summed E-state index contributed by atoms with van der Waals surface area (Å²) in [5.74, 6) is -0.709. The quantitative estimate of drug-likeness (QED) is 0.777. The van der Waals surface area contributed by atoms with Crippen LogP contribution in [0.2, 0.25) is 10.0 Å². The molecule has 1 unspecified atom stereocenters. The highest BCUT2D eigenvalue weighted by molar-refractivity contribution is 6.42. The van der Waals surface area contributed by atoms with Gasteiger partial charge in [0, 0.05) is 16.6 Å². The number of halogens is 2. The number of nitrogens with one attached hydrogen (secondary N) is 2. The first-order valence-electron chi connectivity index (χ1n) is 7.49. The van der Waals surface area contributed by atoms with Crippen LogP contribution >= 0.6 is 23.2 Å². The molecule has 3 N–H and O–H groups in total. The van der Waals surface area contributed by atoms with E-state index in [9.17, 15) is 9.90 Å². The highest BCUT2D eigenvalue weighted by Gasteiger charge is 2.52. The van der Waals surface area contributed by atoms with E-state index in [0.717, 1.165) is 48.8 Å². The van der Waals surface area contributed by atoms with Crippen LogP contribution in [0.15, 0.2) is 12.1 Å². The van der Waals surface area contributed by atoms with Gasteiger partial charge in [-0.25, -0.2) is 0 Å². The van der Waals surface area contributed by atoms with Crippen LogP contribution in [-0.4, -0.2) is 22.6 Å². The zero-order valence-electron chi connectivity index (χ0n) is 11.9. The average molecular weight is 339 g/mol. The van der Waals surface area contributed by atoms with Crippen LogP contribution < -0.4 is 5.32 Å². The lowest BCUT2D eigenvalue weighted by molar-refractivity contribution is -0.158. The van der Waals surface area contributed by atoms with E-state index in [2.05, 4.69) is 10.3 Å². The number of fused-ring (bicyclic) bond motifs is 3. The van der Waals surface area contributed by atoms with Crippen LogP contribution in [0.4, 0.5) is 0 Å². The number of hydrogen-bond acceptors (Lipinski definition) is 2. The van der Waals surface area contributed by atoms with Gasteiger partial charge in [0.1, 0.15) is 0 Å². The zero-order valence-corrected chi connectivity index (χ0v) is 13.4. The smallest absolute Gasteiger partial charge is 0.311 e. The minimum atomic E-state index is -0.709. The van der Waals surface area contributed by atoms with Crippen LogP contribution in [-0.2, 0) is 11.2 Å². The molecule has 1 aliphatic heterocycles. The summed E-state index contributed by atoms with van der Waals surface area (Å²) in [6, 6.07) is 3.53. The number of H-pyrrole nitrogens is 1. The first-order chi connectivity index (χ1) is 10.5. The van der Waals surface area contributed by atoms with E-state index < -0.39 is 11.4 Å². The number of aromatic nitrogens is 1. The van der Waals surface area contributed by atoms with Crippen molar-refractivity contribution < 1.29 is 9.90 Å². The molecular formula is C16H16Cl2N2O2. The Morgan fingerprint density at radius 2 is 2.00 bits per heavy atom. The Hall–Kier alpha value is -1.23. The molecule has 4 nitrogen and oxygen atoms in total. The van der Waals surface area contributed by atoms with Gasteiger partial charge in [0.25, 0.3) is 0 Å². The SMILES string of the molecule is O=C(O)C1(C2NCCc3c2[nH]c2cc(Cl)c(Cl)cc32)CCC1. The second-order valence-corrected chi connectivity index (χ2v) is 7.10. The fourth-order valence-corrected chi connectivity index (χ4v) is 4.21. The van der Waals surface area contributed by atoms with Gasteiger partial charge < -0.3 is 15.4 Å². The maximum atomic E-state index is 11.8. The van der Waals surface area contributed by atoms with Crippen molar-refractivity contribution in [3.05, 3.63) is 33.4 Å². The summed E-state index contributed by atoms with van der Waals surface area (Å²) < 4.78 is 0. The summed E-state index contributed by atoms with van der Waals surface area (Å²) in [6.45, 7) is 0.778. The Morgan fingerprint density at radius 1 is 1.27 bits per heavy atom. The van der Waals surface area contributed by atoms with Crippen LogP contribution in [0.3, 0.4) is 0 Å². The number of aliphatic carboxylic acids is 1. The molecule has 0 spiro atoms. The molecule has 1 atom stereocenters. The molecule has 0 bridgehead atoms. The van der Waals surface area contributed by atoms with E-state index in [1.165, 1.54) is 5.56 Å². The highest BCUT2D eigenvalue weighted by atomic mass is 35.5. The summed E-state index contributed by atoms with van der Waals surface area (Å²) in [7, 11) is 0. The van der Waals surface area contributed by atoms with Crippen LogP contribution in [0.1, 0.15) is 36.6 Å². The lowest BCUT2D eigenvalue weighted by Gasteiger charge is -2.45. The topological polar surface area (TPSA) is 65.1 Å². The fourth-order valence-electron chi connectivity index (χ4n) is 3.88. The van der Waals surface area contributed by atoms with Crippen molar-refractivity contribution in [1.29, 1.82) is 0 Å². The predicted octanol–water partition coefficient (Wildman–Crippen LogP) is 3.92. The molecule has 1 aromatic heterocycles. The molecule has 0 amide bonds. The number of carboxylic acid groups (broad SMARTS) is 1. The first kappa shape index (κ1) is 14.4. The van der Waals surface area contributed by atoms with Gasteiger partial charge in [-0.1, -0.05) is 29.6 Å². The number of benzene rings is 1. The summed E-state index contributed by atoms with van der Waals surface area (Å²) in [5, 5.41) is 15.2. The number of carbonyl (C=O) groups is 1. The molecule has 1 saturated carbocycles. The lowest BCUT2D eigenvalue weighted by Crippen LogP contribution is -2.50. The van der Waals surface area contributed by atoms with Gasteiger partial charge in [0.2, 0.25) is 0 Å². The number of hydrogen-bond donors (Lipinski definition) is 3. The molecule has 2 aliphatic rings. The van der Waals surface area contributed by atoms with Gasteiger partial charge in [-0.2, -0.15) is 0 Å². The van der Waals surface area contributed by atoms with E-state index >= 15 is 0 Å². The molecule has 2 heterocycles. The highest BCUT2D eigenvalue weighted by Crippen LogP contribution is 2.52. The van der Waals surface area contributed by atoms with Crippen LogP contribution in [0, 0.1) is 5.41 Å². The van der Waals surface area contributed by atoms with Crippen LogP contribution in [0.5, 0.6) is 0 Å². The Kier molecular flexibility index (Phi) is 3.19. The van der Waals surface area contributed by atoms with Crippen molar-refractivity contribution in [2.45, 2.75) is 31.7 Å². The largest absolute Gasteiger partial charge is 0.481 e. The zero-order chi connectivity index (χ0) is 15.5. The van der Waals surface area contributed by atoms with Gasteiger partial charge in [-0.05, 0) is 43.5 Å². The molecule has 0 saturated heterocycles. The van der Waals surface area contributed by atoms with Gasteiger partial charge in [0.15, 0.2) is 0 Å². The number of rotatable bonds is 2. The maximum absolute atomic E-state index is 11.8. The van der Waals surface area contributed by atoms with Crippen molar-refractivity contribution >= 4 is 40.1 Å². The van der Waals surface area contributed by atoms with E-state index in [-0.39, 0.29) is 6.04 Å². The molecule has 116 valence electrons. The van der Waals surface area contributed by atoms with Crippen molar-refractivity contribution in [2.24, 2.45) is 5.41 Å². The number of carboxylic acids is 1. The third-order valence-electron chi connectivity index (χ3n) is 5.22. The van der Waals surface area contributed by atoms with Gasteiger partial charge in [-0.3, -0.25) is 4.79 Å². The monoisotopic (exact) mass is 338 g/mol. The standard InChI is InChI=1S/C16H16Cl2N2O2/c17-10-6-9-8-2-5-19-14(16(15(21)22)3-1-4-16)13(8)20-12(9)7-11(10)18/h6-7,14,19-20H,1-5H2,(H,21,22). The Bertz CT molecular complexity index is 780. The summed E-state index contributed by atoms with van der Waals surface area (Å²) in [5.41, 5.74) is 2.39. The molecular weight excluding hydrogens is 323 g/mol. The molecule has 0 radical (unpaired) electrons. The lowest BCUT2D eigenvalue weighted by atomic mass is 9.62.